The van der Waals surface area contributed by atoms with Crippen molar-refractivity contribution in [2.45, 2.75) is 66.5 Å². The molecule has 40 heavy (non-hydrogen) atoms. The van der Waals surface area contributed by atoms with Crippen LogP contribution in [0, 0.1) is 0 Å². The van der Waals surface area contributed by atoms with Gasteiger partial charge in [-0.15, -0.1) is 0 Å². The van der Waals surface area contributed by atoms with Crippen LogP contribution in [0.1, 0.15) is 85.2 Å². The van der Waals surface area contributed by atoms with E-state index >= 15 is 0 Å². The van der Waals surface area contributed by atoms with Gasteiger partial charge in [-0.1, -0.05) is 51.0 Å². The van der Waals surface area contributed by atoms with Gasteiger partial charge in [0.25, 0.3) is 11.8 Å². The summed E-state index contributed by atoms with van der Waals surface area (Å²) in [5, 5.41) is 0. The third kappa shape index (κ3) is 10.4. The Morgan fingerprint density at radius 3 is 1.32 bits per heavy atom. The molecule has 0 unspecified atom stereocenters. The van der Waals surface area contributed by atoms with E-state index in [-0.39, 0.29) is 45.8 Å². The van der Waals surface area contributed by atoms with Gasteiger partial charge in [-0.25, -0.2) is 0 Å². The van der Waals surface area contributed by atoms with Crippen molar-refractivity contribution in [2.75, 3.05) is 26.2 Å². The zero-order valence-electron chi connectivity index (χ0n) is 24.4. The van der Waals surface area contributed by atoms with Gasteiger partial charge in [0.2, 0.25) is 0 Å². The van der Waals surface area contributed by atoms with E-state index in [9.17, 15) is 9.59 Å². The first-order valence-electron chi connectivity index (χ1n) is 14.1. The standard InChI is InChI=1S/C32H44N4O2.2BrH/c1-5-9-21-35(7-3)31(37)29-13-11-19-33(25-29)23-27-15-17-28(18-16-27)24-34-20-12-14-30(26-34)32(38)36(8-4)22-10-6-2;;/h11-20,25-26H,5-10,21-24H2,1-4H3;2*1H/q+2;;/p-2. The molecule has 3 aromatic rings. The van der Waals surface area contributed by atoms with Gasteiger partial charge in [0.1, 0.15) is 11.1 Å². The lowest BCUT2D eigenvalue weighted by Crippen LogP contribution is -3.00. The van der Waals surface area contributed by atoms with Crippen LogP contribution < -0.4 is 43.1 Å². The average molecular weight is 677 g/mol. The van der Waals surface area contributed by atoms with E-state index in [4.69, 9.17) is 0 Å². The maximum Gasteiger partial charge on any atom is 0.259 e. The van der Waals surface area contributed by atoms with E-state index in [0.717, 1.165) is 63.0 Å². The Labute approximate surface area is 261 Å². The topological polar surface area (TPSA) is 48.4 Å². The molecule has 6 nitrogen and oxygen atoms in total. The van der Waals surface area contributed by atoms with Crippen LogP contribution in [0.25, 0.3) is 0 Å². The first-order valence-corrected chi connectivity index (χ1v) is 14.1. The molecule has 0 aliphatic heterocycles. The lowest BCUT2D eigenvalue weighted by Gasteiger charge is -2.20. The van der Waals surface area contributed by atoms with Gasteiger partial charge < -0.3 is 43.8 Å². The second kappa shape index (κ2) is 18.7. The Kier molecular flexibility index (Phi) is 16.6. The smallest absolute Gasteiger partial charge is 0.259 e. The van der Waals surface area contributed by atoms with Crippen molar-refractivity contribution in [3.63, 3.8) is 0 Å². The van der Waals surface area contributed by atoms with Crippen molar-refractivity contribution in [1.82, 2.24) is 9.80 Å². The van der Waals surface area contributed by atoms with Crippen molar-refractivity contribution in [1.29, 1.82) is 0 Å². The molecular weight excluding hydrogens is 632 g/mol. The zero-order valence-corrected chi connectivity index (χ0v) is 27.5. The first-order chi connectivity index (χ1) is 18.5. The van der Waals surface area contributed by atoms with Gasteiger partial charge in [0.05, 0.1) is 0 Å². The van der Waals surface area contributed by atoms with Gasteiger partial charge in [0.15, 0.2) is 37.9 Å². The fourth-order valence-electron chi connectivity index (χ4n) is 4.53. The Balaban J connectivity index is 0.00000400. The maximum atomic E-state index is 13.0. The third-order valence-corrected chi connectivity index (χ3v) is 6.86. The van der Waals surface area contributed by atoms with Crippen LogP contribution in [0.15, 0.2) is 73.3 Å². The minimum atomic E-state index is 0. The van der Waals surface area contributed by atoms with E-state index in [0.29, 0.717) is 13.1 Å². The summed E-state index contributed by atoms with van der Waals surface area (Å²) in [6.07, 6.45) is 12.1. The number of carbonyl (C=O) groups is 2. The van der Waals surface area contributed by atoms with Crippen LogP contribution in [0.5, 0.6) is 0 Å². The molecule has 8 heteroatoms. The van der Waals surface area contributed by atoms with Gasteiger partial charge in [-0.3, -0.25) is 9.59 Å². The Hall–Kier alpha value is -2.58. The van der Waals surface area contributed by atoms with Crippen LogP contribution in [-0.2, 0) is 13.1 Å². The highest BCUT2D eigenvalue weighted by Gasteiger charge is 2.18. The van der Waals surface area contributed by atoms with E-state index in [1.165, 1.54) is 11.1 Å². The highest BCUT2D eigenvalue weighted by atomic mass is 79.9. The van der Waals surface area contributed by atoms with Crippen molar-refractivity contribution in [3.8, 4) is 0 Å². The molecule has 2 aromatic heterocycles. The molecule has 2 amide bonds. The van der Waals surface area contributed by atoms with Crippen molar-refractivity contribution >= 4 is 11.8 Å². The Bertz CT molecular complexity index is 1100. The Morgan fingerprint density at radius 2 is 1.00 bits per heavy atom. The van der Waals surface area contributed by atoms with E-state index in [1.807, 2.05) is 72.7 Å². The fourth-order valence-corrected chi connectivity index (χ4v) is 4.53. The molecule has 0 aliphatic carbocycles. The molecule has 3 rings (SSSR count). The molecule has 1 aromatic carbocycles. The summed E-state index contributed by atoms with van der Waals surface area (Å²) in [6, 6.07) is 16.2. The summed E-state index contributed by atoms with van der Waals surface area (Å²) >= 11 is 0. The quantitative estimate of drug-likeness (QED) is 0.204. The van der Waals surface area contributed by atoms with Gasteiger partial charge >= 0.3 is 0 Å². The third-order valence-electron chi connectivity index (χ3n) is 6.86. The monoisotopic (exact) mass is 674 g/mol. The van der Waals surface area contributed by atoms with Crippen molar-refractivity contribution < 1.29 is 52.7 Å². The molecule has 0 atom stereocenters. The number of hydrogen-bond acceptors (Lipinski definition) is 2. The fraction of sp³-hybridized carbons (Fsp3) is 0.438. The molecule has 0 spiro atoms. The molecule has 218 valence electrons. The number of nitrogens with zero attached hydrogens (tertiary/aromatic N) is 4. The molecule has 2 heterocycles. The number of rotatable bonds is 14. The van der Waals surface area contributed by atoms with Crippen LogP contribution in [0.3, 0.4) is 0 Å². The van der Waals surface area contributed by atoms with Crippen molar-refractivity contribution in [3.05, 3.63) is 95.6 Å². The summed E-state index contributed by atoms with van der Waals surface area (Å²) in [5.41, 5.74) is 3.80. The number of unbranched alkanes of at least 4 members (excludes halogenated alkanes) is 2. The minimum Gasteiger partial charge on any atom is -1.00 e. The van der Waals surface area contributed by atoms with Gasteiger partial charge in [-0.05, 0) is 38.8 Å². The summed E-state index contributed by atoms with van der Waals surface area (Å²) in [7, 11) is 0. The summed E-state index contributed by atoms with van der Waals surface area (Å²) in [6.45, 7) is 12.8. The van der Waals surface area contributed by atoms with Gasteiger partial charge in [0, 0.05) is 49.4 Å². The van der Waals surface area contributed by atoms with Crippen LogP contribution in [0.4, 0.5) is 0 Å². The van der Waals surface area contributed by atoms with E-state index in [1.54, 1.807) is 0 Å². The van der Waals surface area contributed by atoms with Gasteiger partial charge in [-0.2, -0.15) is 9.13 Å². The number of aromatic nitrogens is 2. The molecule has 0 saturated heterocycles. The molecular formula is C32H44Br2N4O2. The molecule has 0 aliphatic rings. The van der Waals surface area contributed by atoms with Crippen molar-refractivity contribution in [2.24, 2.45) is 0 Å². The zero-order chi connectivity index (χ0) is 27.3. The predicted octanol–water partition coefficient (Wildman–Crippen LogP) is -1.11. The van der Waals surface area contributed by atoms with Crippen LogP contribution >= 0.6 is 0 Å². The second-order valence-electron chi connectivity index (χ2n) is 9.82. The number of hydrogen-bond donors (Lipinski definition) is 0. The highest BCUT2D eigenvalue weighted by Crippen LogP contribution is 2.08. The summed E-state index contributed by atoms with van der Waals surface area (Å²) in [5.74, 6) is 0.187. The predicted molar refractivity (Wildman–Crippen MR) is 151 cm³/mol. The molecule has 0 bridgehead atoms. The average Bonchev–Trinajstić information content (AvgIpc) is 2.95. The molecule has 0 fully saturated rings. The normalized spacial score (nSPS) is 10.3. The number of amides is 2. The van der Waals surface area contributed by atoms with Crippen LogP contribution in [-0.4, -0.2) is 47.8 Å². The minimum absolute atomic E-state index is 0. The number of halogens is 2. The van der Waals surface area contributed by atoms with E-state index < -0.39 is 0 Å². The maximum absolute atomic E-state index is 13.0. The SMILES string of the molecule is CCCCN(CC)C(=O)c1ccc[n+](Cc2ccc(C[n+]3cccc(C(=O)N(CC)CCCC)c3)cc2)c1.[Br-].[Br-]. The molecule has 0 saturated carbocycles. The lowest BCUT2D eigenvalue weighted by atomic mass is 10.1. The van der Waals surface area contributed by atoms with E-state index in [2.05, 4.69) is 47.2 Å². The first kappa shape index (κ1) is 35.4. The number of carbonyl (C=O) groups excluding carboxylic acids is 2. The highest BCUT2D eigenvalue weighted by molar-refractivity contribution is 5.94. The van der Waals surface area contributed by atoms with Crippen LogP contribution in [0.2, 0.25) is 0 Å². The lowest BCUT2D eigenvalue weighted by molar-refractivity contribution is -0.689. The summed E-state index contributed by atoms with van der Waals surface area (Å²) in [4.78, 5) is 29.8. The summed E-state index contributed by atoms with van der Waals surface area (Å²) < 4.78 is 4.13. The molecule has 0 radical (unpaired) electrons. The second-order valence-corrected chi connectivity index (χ2v) is 9.82. The largest absolute Gasteiger partial charge is 1.00 e. The number of benzene rings is 1. The molecule has 0 N–H and O–H groups in total. The number of pyridine rings is 2. The Morgan fingerprint density at radius 1 is 0.625 bits per heavy atom.